The SMILES string of the molecule is COc1ccc(OC)c(NC(=O)c2ccc(Cn3c(=O)c4cccn4c4cccnc43)o2)c1. The van der Waals surface area contributed by atoms with Gasteiger partial charge in [-0.2, -0.15) is 0 Å². The Balaban J connectivity index is 1.45. The highest BCUT2D eigenvalue weighted by atomic mass is 16.5. The maximum atomic E-state index is 13.1. The van der Waals surface area contributed by atoms with Crippen LogP contribution < -0.4 is 20.3 Å². The standard InChI is InChI=1S/C24H20N4O5/c1-31-15-7-9-20(32-2)17(13-15)26-23(29)21-10-8-16(33-21)14-28-22-18(5-3-11-25-22)27-12-4-6-19(27)24(28)30/h3-13H,14H2,1-2H3,(H,26,29). The molecule has 0 radical (unpaired) electrons. The number of hydrogen-bond donors (Lipinski definition) is 1. The van der Waals surface area contributed by atoms with Gasteiger partial charge in [0.2, 0.25) is 0 Å². The van der Waals surface area contributed by atoms with Crippen molar-refractivity contribution >= 4 is 28.3 Å². The largest absolute Gasteiger partial charge is 0.497 e. The minimum Gasteiger partial charge on any atom is -0.497 e. The first-order chi connectivity index (χ1) is 16.1. The fourth-order valence-electron chi connectivity index (χ4n) is 3.77. The van der Waals surface area contributed by atoms with E-state index in [0.717, 1.165) is 5.52 Å². The Kier molecular flexibility index (Phi) is 5.06. The van der Waals surface area contributed by atoms with E-state index in [1.807, 2.05) is 28.8 Å². The number of fused-ring (bicyclic) bond motifs is 3. The van der Waals surface area contributed by atoms with Crippen molar-refractivity contribution in [2.45, 2.75) is 6.54 Å². The van der Waals surface area contributed by atoms with Gasteiger partial charge in [-0.25, -0.2) is 4.98 Å². The Hall–Kier alpha value is -4.53. The van der Waals surface area contributed by atoms with Crippen LogP contribution in [0.3, 0.4) is 0 Å². The number of rotatable bonds is 6. The molecular weight excluding hydrogens is 424 g/mol. The molecule has 1 aromatic carbocycles. The highest BCUT2D eigenvalue weighted by molar-refractivity contribution is 6.03. The lowest BCUT2D eigenvalue weighted by atomic mass is 10.2. The van der Waals surface area contributed by atoms with Crippen molar-refractivity contribution in [2.75, 3.05) is 19.5 Å². The molecule has 1 amide bonds. The number of amides is 1. The lowest BCUT2D eigenvalue weighted by Gasteiger charge is -2.11. The third-order valence-corrected chi connectivity index (χ3v) is 5.35. The summed E-state index contributed by atoms with van der Waals surface area (Å²) in [4.78, 5) is 30.3. The number of pyridine rings is 1. The fraction of sp³-hybridized carbons (Fsp3) is 0.125. The van der Waals surface area contributed by atoms with Crippen LogP contribution >= 0.6 is 0 Å². The van der Waals surface area contributed by atoms with Crippen LogP contribution in [-0.2, 0) is 6.54 Å². The Morgan fingerprint density at radius 2 is 1.91 bits per heavy atom. The van der Waals surface area contributed by atoms with E-state index in [4.69, 9.17) is 13.9 Å². The lowest BCUT2D eigenvalue weighted by Crippen LogP contribution is -2.23. The van der Waals surface area contributed by atoms with Gasteiger partial charge in [-0.1, -0.05) is 0 Å². The first-order valence-electron chi connectivity index (χ1n) is 10.2. The van der Waals surface area contributed by atoms with Crippen molar-refractivity contribution in [1.82, 2.24) is 14.0 Å². The lowest BCUT2D eigenvalue weighted by molar-refractivity contribution is 0.0994. The summed E-state index contributed by atoms with van der Waals surface area (Å²) < 4.78 is 19.6. The molecule has 0 fully saturated rings. The monoisotopic (exact) mass is 444 g/mol. The van der Waals surface area contributed by atoms with Crippen LogP contribution in [0.4, 0.5) is 5.69 Å². The van der Waals surface area contributed by atoms with Gasteiger partial charge in [0, 0.05) is 18.5 Å². The predicted octanol–water partition coefficient (Wildman–Crippen LogP) is 3.56. The number of methoxy groups -OCH3 is 2. The van der Waals surface area contributed by atoms with Gasteiger partial charge < -0.3 is 23.6 Å². The van der Waals surface area contributed by atoms with Crippen LogP contribution in [0.25, 0.3) is 16.7 Å². The van der Waals surface area contributed by atoms with E-state index < -0.39 is 5.91 Å². The number of nitrogens with one attached hydrogen (secondary N) is 1. The molecule has 0 unspecified atom stereocenters. The van der Waals surface area contributed by atoms with Crippen LogP contribution in [0.15, 0.2) is 76.2 Å². The van der Waals surface area contributed by atoms with E-state index in [-0.39, 0.29) is 17.9 Å². The number of ether oxygens (including phenoxy) is 2. The fourth-order valence-corrected chi connectivity index (χ4v) is 3.77. The maximum Gasteiger partial charge on any atom is 0.291 e. The van der Waals surface area contributed by atoms with Crippen LogP contribution in [0.5, 0.6) is 11.5 Å². The Morgan fingerprint density at radius 3 is 2.73 bits per heavy atom. The number of furan rings is 1. The first-order valence-corrected chi connectivity index (χ1v) is 10.2. The van der Waals surface area contributed by atoms with E-state index in [9.17, 15) is 9.59 Å². The normalized spacial score (nSPS) is 11.1. The first kappa shape index (κ1) is 20.4. The van der Waals surface area contributed by atoms with Crippen LogP contribution in [0.1, 0.15) is 16.3 Å². The molecule has 0 bridgehead atoms. The predicted molar refractivity (Wildman–Crippen MR) is 122 cm³/mol. The van der Waals surface area contributed by atoms with Crippen molar-refractivity contribution in [2.24, 2.45) is 0 Å². The number of aromatic nitrogens is 3. The third-order valence-electron chi connectivity index (χ3n) is 5.35. The molecule has 0 aliphatic carbocycles. The molecular formula is C24H20N4O5. The van der Waals surface area contributed by atoms with Crippen molar-refractivity contribution in [1.29, 1.82) is 0 Å². The van der Waals surface area contributed by atoms with E-state index in [1.54, 1.807) is 42.6 Å². The van der Waals surface area contributed by atoms with Gasteiger partial charge in [0.15, 0.2) is 11.4 Å². The summed E-state index contributed by atoms with van der Waals surface area (Å²) in [6.07, 6.45) is 3.46. The molecule has 5 aromatic rings. The molecule has 4 heterocycles. The molecule has 0 atom stereocenters. The van der Waals surface area contributed by atoms with E-state index in [2.05, 4.69) is 10.3 Å². The number of anilines is 1. The summed E-state index contributed by atoms with van der Waals surface area (Å²) >= 11 is 0. The number of carbonyl (C=O) groups excluding carboxylic acids is 1. The molecule has 9 nitrogen and oxygen atoms in total. The van der Waals surface area contributed by atoms with Crippen LogP contribution in [0, 0.1) is 0 Å². The Labute approximate surface area is 187 Å². The molecule has 0 saturated carbocycles. The second kappa shape index (κ2) is 8.19. The number of benzene rings is 1. The average Bonchev–Trinajstić information content (AvgIpc) is 3.52. The molecule has 33 heavy (non-hydrogen) atoms. The van der Waals surface area contributed by atoms with Crippen molar-refractivity contribution in [3.05, 3.63) is 88.9 Å². The van der Waals surface area contributed by atoms with Gasteiger partial charge >= 0.3 is 0 Å². The molecule has 1 N–H and O–H groups in total. The highest BCUT2D eigenvalue weighted by Gasteiger charge is 2.17. The zero-order valence-corrected chi connectivity index (χ0v) is 17.9. The molecule has 0 aliphatic heterocycles. The Bertz CT molecular complexity index is 1550. The van der Waals surface area contributed by atoms with E-state index in [0.29, 0.717) is 34.1 Å². The summed E-state index contributed by atoms with van der Waals surface area (Å²) in [5, 5.41) is 2.77. The van der Waals surface area contributed by atoms with Gasteiger partial charge in [0.25, 0.3) is 11.5 Å². The minimum absolute atomic E-state index is 0.101. The molecule has 5 rings (SSSR count). The number of carbonyl (C=O) groups is 1. The van der Waals surface area contributed by atoms with Gasteiger partial charge in [-0.3, -0.25) is 14.2 Å². The summed E-state index contributed by atoms with van der Waals surface area (Å²) in [7, 11) is 3.05. The number of nitrogens with zero attached hydrogens (tertiary/aromatic N) is 3. The molecule has 0 aliphatic rings. The molecule has 0 spiro atoms. The number of hydrogen-bond acceptors (Lipinski definition) is 6. The minimum atomic E-state index is -0.454. The molecule has 4 aromatic heterocycles. The maximum absolute atomic E-state index is 13.1. The third kappa shape index (κ3) is 3.59. The van der Waals surface area contributed by atoms with Crippen molar-refractivity contribution in [3.8, 4) is 11.5 Å². The smallest absolute Gasteiger partial charge is 0.291 e. The average molecular weight is 444 g/mol. The van der Waals surface area contributed by atoms with Crippen molar-refractivity contribution < 1.29 is 18.7 Å². The van der Waals surface area contributed by atoms with Crippen LogP contribution in [-0.4, -0.2) is 34.1 Å². The Morgan fingerprint density at radius 1 is 1.06 bits per heavy atom. The summed E-state index contributed by atoms with van der Waals surface area (Å²) in [6, 6.07) is 15.6. The van der Waals surface area contributed by atoms with E-state index in [1.165, 1.54) is 18.8 Å². The summed E-state index contributed by atoms with van der Waals surface area (Å²) in [5.41, 5.74) is 2.10. The molecule has 0 saturated heterocycles. The summed E-state index contributed by atoms with van der Waals surface area (Å²) in [5.74, 6) is 1.16. The highest BCUT2D eigenvalue weighted by Crippen LogP contribution is 2.29. The van der Waals surface area contributed by atoms with Crippen LogP contribution in [0.2, 0.25) is 0 Å². The zero-order chi connectivity index (χ0) is 22.9. The van der Waals surface area contributed by atoms with Crippen molar-refractivity contribution in [3.63, 3.8) is 0 Å². The van der Waals surface area contributed by atoms with Gasteiger partial charge in [0.1, 0.15) is 22.8 Å². The molecule has 9 heteroatoms. The molecule has 166 valence electrons. The van der Waals surface area contributed by atoms with Gasteiger partial charge in [0.05, 0.1) is 32.0 Å². The topological polar surface area (TPSA) is 100 Å². The van der Waals surface area contributed by atoms with Gasteiger partial charge in [-0.15, -0.1) is 0 Å². The van der Waals surface area contributed by atoms with Gasteiger partial charge in [-0.05, 0) is 48.5 Å². The quantitative estimate of drug-likeness (QED) is 0.430. The second-order valence-corrected chi connectivity index (χ2v) is 7.29. The zero-order valence-electron chi connectivity index (χ0n) is 17.9. The van der Waals surface area contributed by atoms with E-state index >= 15 is 0 Å². The summed E-state index contributed by atoms with van der Waals surface area (Å²) in [6.45, 7) is 0.129. The second-order valence-electron chi connectivity index (χ2n) is 7.29.